The van der Waals surface area contributed by atoms with E-state index in [0.717, 1.165) is 34.0 Å². The molecule has 1 unspecified atom stereocenters. The summed E-state index contributed by atoms with van der Waals surface area (Å²) in [5, 5.41) is 1.13. The molecule has 0 spiro atoms. The lowest BCUT2D eigenvalue weighted by molar-refractivity contribution is -0.133. The first-order chi connectivity index (χ1) is 12.0. The highest BCUT2D eigenvalue weighted by Crippen LogP contribution is 2.31. The second kappa shape index (κ2) is 6.03. The van der Waals surface area contributed by atoms with E-state index in [4.69, 9.17) is 0 Å². The SMILES string of the molecule is Cc1cccc2[nH]cc(CC(=O)N3CCc4ccc(F)cc4C3C)c12. The third-order valence-corrected chi connectivity index (χ3v) is 5.31. The zero-order valence-electron chi connectivity index (χ0n) is 14.5. The minimum absolute atomic E-state index is 0.0894. The summed E-state index contributed by atoms with van der Waals surface area (Å²) in [6.45, 7) is 4.72. The molecule has 0 aliphatic carbocycles. The summed E-state index contributed by atoms with van der Waals surface area (Å²) in [6.07, 6.45) is 3.07. The van der Waals surface area contributed by atoms with Crippen LogP contribution in [0.5, 0.6) is 0 Å². The van der Waals surface area contributed by atoms with Crippen LogP contribution in [-0.2, 0) is 17.6 Å². The van der Waals surface area contributed by atoms with Crippen LogP contribution in [0.25, 0.3) is 10.9 Å². The molecule has 4 rings (SSSR count). The Kier molecular flexibility index (Phi) is 3.83. The van der Waals surface area contributed by atoms with Crippen LogP contribution in [0.2, 0.25) is 0 Å². The van der Waals surface area contributed by atoms with Crippen molar-refractivity contribution in [3.63, 3.8) is 0 Å². The van der Waals surface area contributed by atoms with E-state index in [1.54, 1.807) is 6.07 Å². The molecule has 0 saturated heterocycles. The summed E-state index contributed by atoms with van der Waals surface area (Å²) < 4.78 is 13.6. The Morgan fingerprint density at radius 3 is 3.00 bits per heavy atom. The predicted octanol–water partition coefficient (Wildman–Crippen LogP) is 4.30. The van der Waals surface area contributed by atoms with Crippen molar-refractivity contribution < 1.29 is 9.18 Å². The van der Waals surface area contributed by atoms with E-state index in [1.165, 1.54) is 11.6 Å². The summed E-state index contributed by atoms with van der Waals surface area (Å²) in [5.74, 6) is -0.154. The molecule has 3 aromatic rings. The standard InChI is InChI=1S/C21H21FN2O/c1-13-4-3-5-19-21(13)16(12-23-19)10-20(25)24-9-8-15-6-7-17(22)11-18(15)14(24)2/h3-7,11-12,14,23H,8-10H2,1-2H3. The van der Waals surface area contributed by atoms with Crippen LogP contribution in [0.3, 0.4) is 0 Å². The summed E-state index contributed by atoms with van der Waals surface area (Å²) in [7, 11) is 0. The van der Waals surface area contributed by atoms with Crippen molar-refractivity contribution in [3.8, 4) is 0 Å². The molecule has 4 heteroatoms. The molecular weight excluding hydrogens is 315 g/mol. The minimum Gasteiger partial charge on any atom is -0.361 e. The molecule has 128 valence electrons. The molecule has 0 radical (unpaired) electrons. The van der Waals surface area contributed by atoms with E-state index in [-0.39, 0.29) is 17.8 Å². The largest absolute Gasteiger partial charge is 0.361 e. The van der Waals surface area contributed by atoms with Crippen LogP contribution in [0.15, 0.2) is 42.6 Å². The summed E-state index contributed by atoms with van der Waals surface area (Å²) in [6, 6.07) is 10.9. The van der Waals surface area contributed by atoms with Crippen molar-refractivity contribution >= 4 is 16.8 Å². The van der Waals surface area contributed by atoms with Gasteiger partial charge in [0.1, 0.15) is 5.82 Å². The first-order valence-corrected chi connectivity index (χ1v) is 8.68. The van der Waals surface area contributed by atoms with E-state index >= 15 is 0 Å². The molecule has 1 aliphatic heterocycles. The van der Waals surface area contributed by atoms with Gasteiger partial charge in [-0.05, 0) is 60.7 Å². The second-order valence-electron chi connectivity index (χ2n) is 6.84. The van der Waals surface area contributed by atoms with Crippen molar-refractivity contribution in [2.75, 3.05) is 6.54 Å². The van der Waals surface area contributed by atoms with Crippen LogP contribution in [-0.4, -0.2) is 22.3 Å². The molecule has 3 nitrogen and oxygen atoms in total. The number of benzene rings is 2. The number of carbonyl (C=O) groups excluding carboxylic acids is 1. The Balaban J connectivity index is 1.61. The topological polar surface area (TPSA) is 36.1 Å². The number of amides is 1. The number of carbonyl (C=O) groups is 1. The number of nitrogens with one attached hydrogen (secondary N) is 1. The fraction of sp³-hybridized carbons (Fsp3) is 0.286. The monoisotopic (exact) mass is 336 g/mol. The molecule has 0 saturated carbocycles. The zero-order chi connectivity index (χ0) is 17.6. The van der Waals surface area contributed by atoms with Crippen LogP contribution in [0.4, 0.5) is 4.39 Å². The van der Waals surface area contributed by atoms with Crippen LogP contribution in [0, 0.1) is 12.7 Å². The number of aryl methyl sites for hydroxylation is 1. The van der Waals surface area contributed by atoms with Crippen molar-refractivity contribution in [1.82, 2.24) is 9.88 Å². The third kappa shape index (κ3) is 2.72. The van der Waals surface area contributed by atoms with Gasteiger partial charge in [-0.15, -0.1) is 0 Å². The molecule has 2 aromatic carbocycles. The smallest absolute Gasteiger partial charge is 0.227 e. The lowest BCUT2D eigenvalue weighted by atomic mass is 9.93. The Labute approximate surface area is 146 Å². The maximum atomic E-state index is 13.6. The van der Waals surface area contributed by atoms with Gasteiger partial charge < -0.3 is 9.88 Å². The van der Waals surface area contributed by atoms with Gasteiger partial charge in [0.2, 0.25) is 5.91 Å². The van der Waals surface area contributed by atoms with Gasteiger partial charge in [0.05, 0.1) is 12.5 Å². The summed E-state index contributed by atoms with van der Waals surface area (Å²) >= 11 is 0. The second-order valence-corrected chi connectivity index (χ2v) is 6.84. The number of hydrogen-bond donors (Lipinski definition) is 1. The number of fused-ring (bicyclic) bond motifs is 2. The number of rotatable bonds is 2. The molecule has 1 aliphatic rings. The molecule has 0 bridgehead atoms. The molecule has 1 amide bonds. The molecular formula is C21H21FN2O. The molecule has 1 atom stereocenters. The number of halogens is 1. The van der Waals surface area contributed by atoms with Crippen LogP contribution < -0.4 is 0 Å². The normalized spacial score (nSPS) is 16.9. The van der Waals surface area contributed by atoms with Crippen LogP contribution >= 0.6 is 0 Å². The average molecular weight is 336 g/mol. The predicted molar refractivity (Wildman–Crippen MR) is 97.0 cm³/mol. The quantitative estimate of drug-likeness (QED) is 0.744. The van der Waals surface area contributed by atoms with E-state index in [0.29, 0.717) is 13.0 Å². The van der Waals surface area contributed by atoms with Crippen LogP contribution in [0.1, 0.15) is 35.2 Å². The molecule has 2 heterocycles. The Hall–Kier alpha value is -2.62. The first kappa shape index (κ1) is 15.9. The summed E-state index contributed by atoms with van der Waals surface area (Å²) in [5.41, 5.74) is 5.31. The van der Waals surface area contributed by atoms with Crippen molar-refractivity contribution in [2.24, 2.45) is 0 Å². The van der Waals surface area contributed by atoms with E-state index in [2.05, 4.69) is 18.0 Å². The third-order valence-electron chi connectivity index (χ3n) is 5.31. The van der Waals surface area contributed by atoms with Gasteiger partial charge >= 0.3 is 0 Å². The highest BCUT2D eigenvalue weighted by Gasteiger charge is 2.28. The number of H-pyrrole nitrogens is 1. The fourth-order valence-corrected chi connectivity index (χ4v) is 3.98. The van der Waals surface area contributed by atoms with Gasteiger partial charge in [-0.2, -0.15) is 0 Å². The lowest BCUT2D eigenvalue weighted by Gasteiger charge is -2.35. The van der Waals surface area contributed by atoms with Gasteiger partial charge in [0, 0.05) is 23.6 Å². The maximum Gasteiger partial charge on any atom is 0.227 e. The van der Waals surface area contributed by atoms with Gasteiger partial charge in [0.25, 0.3) is 0 Å². The highest BCUT2D eigenvalue weighted by molar-refractivity contribution is 5.91. The number of hydrogen-bond acceptors (Lipinski definition) is 1. The number of aromatic nitrogens is 1. The number of nitrogens with zero attached hydrogens (tertiary/aromatic N) is 1. The molecule has 25 heavy (non-hydrogen) atoms. The highest BCUT2D eigenvalue weighted by atomic mass is 19.1. The van der Waals surface area contributed by atoms with Gasteiger partial charge in [-0.3, -0.25) is 4.79 Å². The van der Waals surface area contributed by atoms with Gasteiger partial charge in [0.15, 0.2) is 0 Å². The molecule has 0 fully saturated rings. The molecule has 1 N–H and O–H groups in total. The van der Waals surface area contributed by atoms with E-state index < -0.39 is 0 Å². The lowest BCUT2D eigenvalue weighted by Crippen LogP contribution is -2.39. The first-order valence-electron chi connectivity index (χ1n) is 8.68. The zero-order valence-corrected chi connectivity index (χ0v) is 14.5. The van der Waals surface area contributed by atoms with Crippen molar-refractivity contribution in [3.05, 3.63) is 70.7 Å². The van der Waals surface area contributed by atoms with Crippen molar-refractivity contribution in [1.29, 1.82) is 0 Å². The Morgan fingerprint density at radius 2 is 2.16 bits per heavy atom. The van der Waals surface area contributed by atoms with Gasteiger partial charge in [-0.25, -0.2) is 4.39 Å². The van der Waals surface area contributed by atoms with Gasteiger partial charge in [-0.1, -0.05) is 18.2 Å². The summed E-state index contributed by atoms with van der Waals surface area (Å²) in [4.78, 5) is 18.1. The number of aromatic amines is 1. The Bertz CT molecular complexity index is 960. The van der Waals surface area contributed by atoms with E-state index in [1.807, 2.05) is 36.2 Å². The molecule has 1 aromatic heterocycles. The average Bonchev–Trinajstić information content (AvgIpc) is 3.00. The van der Waals surface area contributed by atoms with E-state index in [9.17, 15) is 9.18 Å². The van der Waals surface area contributed by atoms with Crippen molar-refractivity contribution in [2.45, 2.75) is 32.7 Å². The maximum absolute atomic E-state index is 13.6. The minimum atomic E-state index is -0.243. The Morgan fingerprint density at radius 1 is 1.32 bits per heavy atom. The fourth-order valence-electron chi connectivity index (χ4n) is 3.98.